The highest BCUT2D eigenvalue weighted by Gasteiger charge is 2.25. The highest BCUT2D eigenvalue weighted by molar-refractivity contribution is 5.97. The van der Waals surface area contributed by atoms with E-state index in [0.29, 0.717) is 0 Å². The second-order valence-electron chi connectivity index (χ2n) is 7.64. The first-order chi connectivity index (χ1) is 13.8. The molecule has 0 aromatic heterocycles. The van der Waals surface area contributed by atoms with Crippen LogP contribution in [0.5, 0.6) is 0 Å². The van der Waals surface area contributed by atoms with Gasteiger partial charge in [-0.1, -0.05) is 64.7 Å². The largest absolute Gasteiger partial charge is 0.350 e. The molecule has 0 saturated carbocycles. The van der Waals surface area contributed by atoms with Crippen LogP contribution in [0.3, 0.4) is 0 Å². The minimum absolute atomic E-state index is 0.0233. The van der Waals surface area contributed by atoms with Gasteiger partial charge in [-0.25, -0.2) is 0 Å². The number of amides is 1. The standard InChI is InChI=1S/C21H33N3O5/c1-4-5-6-7-8-9-10-11-12-13-16(2)22-21(25)19-14-18(23(26)27)15-20(17(19)3)24(28)29/h14-16H,4-13H2,1-3H3,(H,22,25)/t16-/m1/s1. The SMILES string of the molecule is CCCCCCCCCCC[C@@H](C)NC(=O)c1cc([N+](=O)[O-])cc([N+](=O)[O-])c1C. The van der Waals surface area contributed by atoms with Gasteiger partial charge < -0.3 is 5.32 Å². The molecule has 0 aliphatic carbocycles. The Labute approximate surface area is 172 Å². The van der Waals surface area contributed by atoms with Crippen molar-refractivity contribution >= 4 is 17.3 Å². The van der Waals surface area contributed by atoms with Gasteiger partial charge in [0.1, 0.15) is 0 Å². The zero-order valence-corrected chi connectivity index (χ0v) is 17.7. The highest BCUT2D eigenvalue weighted by Crippen LogP contribution is 2.28. The fourth-order valence-electron chi connectivity index (χ4n) is 3.35. The molecule has 0 fully saturated rings. The van der Waals surface area contributed by atoms with E-state index in [9.17, 15) is 25.0 Å². The van der Waals surface area contributed by atoms with Crippen molar-refractivity contribution in [3.05, 3.63) is 43.5 Å². The number of hydrogen-bond donors (Lipinski definition) is 1. The number of carbonyl (C=O) groups is 1. The fraction of sp³-hybridized carbons (Fsp3) is 0.667. The average Bonchev–Trinajstić information content (AvgIpc) is 2.66. The van der Waals surface area contributed by atoms with Gasteiger partial charge >= 0.3 is 0 Å². The van der Waals surface area contributed by atoms with E-state index in [1.54, 1.807) is 0 Å². The van der Waals surface area contributed by atoms with E-state index in [1.807, 2.05) is 6.92 Å². The Hall–Kier alpha value is -2.51. The van der Waals surface area contributed by atoms with Crippen LogP contribution in [0, 0.1) is 27.2 Å². The van der Waals surface area contributed by atoms with Crippen molar-refractivity contribution < 1.29 is 14.6 Å². The molecule has 0 heterocycles. The highest BCUT2D eigenvalue weighted by atomic mass is 16.6. The molecule has 1 aromatic carbocycles. The van der Waals surface area contributed by atoms with Crippen LogP contribution in [0.4, 0.5) is 11.4 Å². The van der Waals surface area contributed by atoms with Gasteiger partial charge in [0.25, 0.3) is 17.3 Å². The number of nitro benzene ring substituents is 2. The van der Waals surface area contributed by atoms with Crippen molar-refractivity contribution in [1.82, 2.24) is 5.32 Å². The monoisotopic (exact) mass is 407 g/mol. The Morgan fingerprint density at radius 2 is 1.52 bits per heavy atom. The molecule has 1 atom stereocenters. The van der Waals surface area contributed by atoms with E-state index < -0.39 is 27.1 Å². The zero-order valence-electron chi connectivity index (χ0n) is 17.7. The Balaban J connectivity index is 2.50. The summed E-state index contributed by atoms with van der Waals surface area (Å²) in [7, 11) is 0. The molecule has 0 unspecified atom stereocenters. The summed E-state index contributed by atoms with van der Waals surface area (Å²) in [6, 6.07) is 1.88. The zero-order chi connectivity index (χ0) is 21.8. The third kappa shape index (κ3) is 8.58. The number of carbonyl (C=O) groups excluding carboxylic acids is 1. The predicted octanol–water partition coefficient (Wildman–Crippen LogP) is 5.85. The molecular formula is C21H33N3O5. The van der Waals surface area contributed by atoms with Gasteiger partial charge in [0.2, 0.25) is 0 Å². The summed E-state index contributed by atoms with van der Waals surface area (Å²) in [4.78, 5) is 33.3. The first-order valence-corrected chi connectivity index (χ1v) is 10.5. The van der Waals surface area contributed by atoms with Gasteiger partial charge in [0.15, 0.2) is 0 Å². The Kier molecular flexibility index (Phi) is 10.9. The third-order valence-corrected chi connectivity index (χ3v) is 5.14. The molecule has 0 aliphatic heterocycles. The number of hydrogen-bond acceptors (Lipinski definition) is 5. The lowest BCUT2D eigenvalue weighted by atomic mass is 10.0. The summed E-state index contributed by atoms with van der Waals surface area (Å²) in [5.74, 6) is -0.516. The van der Waals surface area contributed by atoms with Crippen molar-refractivity contribution in [2.45, 2.75) is 91.0 Å². The Morgan fingerprint density at radius 1 is 0.966 bits per heavy atom. The molecule has 0 radical (unpaired) electrons. The van der Waals surface area contributed by atoms with Crippen molar-refractivity contribution in [3.63, 3.8) is 0 Å². The van der Waals surface area contributed by atoms with Crippen LogP contribution in [0.15, 0.2) is 12.1 Å². The van der Waals surface area contributed by atoms with E-state index in [4.69, 9.17) is 0 Å². The third-order valence-electron chi connectivity index (χ3n) is 5.14. The molecule has 0 saturated heterocycles. The van der Waals surface area contributed by atoms with Crippen LogP contribution in [0.1, 0.15) is 94.0 Å². The second kappa shape index (κ2) is 12.9. The van der Waals surface area contributed by atoms with Crippen molar-refractivity contribution in [2.75, 3.05) is 0 Å². The predicted molar refractivity (Wildman–Crippen MR) is 113 cm³/mol. The molecule has 0 spiro atoms. The molecule has 0 bridgehead atoms. The maximum Gasteiger partial charge on any atom is 0.279 e. The van der Waals surface area contributed by atoms with Gasteiger partial charge in [0.05, 0.1) is 21.5 Å². The normalized spacial score (nSPS) is 11.8. The molecule has 1 amide bonds. The first kappa shape index (κ1) is 24.5. The van der Waals surface area contributed by atoms with Crippen LogP contribution in [0.25, 0.3) is 0 Å². The number of benzene rings is 1. The molecular weight excluding hydrogens is 374 g/mol. The molecule has 1 aromatic rings. The van der Waals surface area contributed by atoms with Gasteiger partial charge in [-0.05, 0) is 20.3 Å². The summed E-state index contributed by atoms with van der Waals surface area (Å²) >= 11 is 0. The number of unbranched alkanes of at least 4 members (excludes halogenated alkanes) is 8. The smallest absolute Gasteiger partial charge is 0.279 e. The van der Waals surface area contributed by atoms with Crippen LogP contribution < -0.4 is 5.32 Å². The Bertz CT molecular complexity index is 706. The maximum absolute atomic E-state index is 12.5. The fourth-order valence-corrected chi connectivity index (χ4v) is 3.35. The average molecular weight is 408 g/mol. The molecule has 8 nitrogen and oxygen atoms in total. The van der Waals surface area contributed by atoms with Gasteiger partial charge in [-0.2, -0.15) is 0 Å². The number of non-ortho nitro benzene ring substituents is 1. The Morgan fingerprint density at radius 3 is 2.03 bits per heavy atom. The first-order valence-electron chi connectivity index (χ1n) is 10.5. The number of nitrogens with zero attached hydrogens (tertiary/aromatic N) is 2. The molecule has 0 aliphatic rings. The maximum atomic E-state index is 12.5. The van der Waals surface area contributed by atoms with Crippen molar-refractivity contribution in [3.8, 4) is 0 Å². The van der Waals surface area contributed by atoms with Crippen LogP contribution in [-0.4, -0.2) is 21.8 Å². The van der Waals surface area contributed by atoms with Gasteiger partial charge in [-0.15, -0.1) is 0 Å². The molecule has 29 heavy (non-hydrogen) atoms. The van der Waals surface area contributed by atoms with E-state index >= 15 is 0 Å². The van der Waals surface area contributed by atoms with Crippen molar-refractivity contribution in [2.24, 2.45) is 0 Å². The van der Waals surface area contributed by atoms with E-state index in [-0.39, 0.29) is 17.2 Å². The van der Waals surface area contributed by atoms with Crippen LogP contribution in [0.2, 0.25) is 0 Å². The van der Waals surface area contributed by atoms with Gasteiger partial charge in [0, 0.05) is 17.7 Å². The van der Waals surface area contributed by atoms with E-state index in [2.05, 4.69) is 12.2 Å². The molecule has 1 rings (SSSR count). The summed E-state index contributed by atoms with van der Waals surface area (Å²) in [5, 5.41) is 25.0. The summed E-state index contributed by atoms with van der Waals surface area (Å²) < 4.78 is 0. The van der Waals surface area contributed by atoms with Crippen LogP contribution in [-0.2, 0) is 0 Å². The van der Waals surface area contributed by atoms with Gasteiger partial charge in [-0.3, -0.25) is 25.0 Å². The lowest BCUT2D eigenvalue weighted by Crippen LogP contribution is -2.33. The minimum Gasteiger partial charge on any atom is -0.350 e. The summed E-state index contributed by atoms with van der Waals surface area (Å²) in [5.41, 5.74) is -0.770. The quantitative estimate of drug-likeness (QED) is 0.236. The molecule has 1 N–H and O–H groups in total. The molecule has 8 heteroatoms. The topological polar surface area (TPSA) is 115 Å². The van der Waals surface area contributed by atoms with Crippen LogP contribution >= 0.6 is 0 Å². The number of nitro groups is 2. The number of nitrogens with one attached hydrogen (secondary N) is 1. The second-order valence-corrected chi connectivity index (χ2v) is 7.64. The van der Waals surface area contributed by atoms with Crippen molar-refractivity contribution in [1.29, 1.82) is 0 Å². The lowest BCUT2D eigenvalue weighted by molar-refractivity contribution is -0.394. The number of rotatable bonds is 14. The summed E-state index contributed by atoms with van der Waals surface area (Å²) in [6.45, 7) is 5.52. The minimum atomic E-state index is -0.727. The lowest BCUT2D eigenvalue weighted by Gasteiger charge is -2.15. The summed E-state index contributed by atoms with van der Waals surface area (Å²) in [6.07, 6.45) is 11.8. The van der Waals surface area contributed by atoms with E-state index in [1.165, 1.54) is 51.9 Å². The van der Waals surface area contributed by atoms with E-state index in [0.717, 1.165) is 31.4 Å². The molecule has 162 valence electrons.